The summed E-state index contributed by atoms with van der Waals surface area (Å²) in [5, 5.41) is 10.2. The van der Waals surface area contributed by atoms with Gasteiger partial charge in [0.05, 0.1) is 32.6 Å². The fourth-order valence-electron chi connectivity index (χ4n) is 4.16. The van der Waals surface area contributed by atoms with Gasteiger partial charge in [0.1, 0.15) is 11.3 Å². The second-order valence-corrected chi connectivity index (χ2v) is 7.41. The van der Waals surface area contributed by atoms with Gasteiger partial charge in [0.15, 0.2) is 0 Å². The molecule has 4 rings (SSSR count). The molecule has 0 saturated carbocycles. The van der Waals surface area contributed by atoms with Gasteiger partial charge in [-0.15, -0.1) is 0 Å². The van der Waals surface area contributed by atoms with E-state index >= 15 is 0 Å². The zero-order valence-electron chi connectivity index (χ0n) is 15.5. The smallest absolute Gasteiger partial charge is 0.317 e. The molecule has 0 radical (unpaired) electrons. The second-order valence-electron chi connectivity index (χ2n) is 7.41. The number of para-hydroxylation sites is 1. The van der Waals surface area contributed by atoms with Crippen LogP contribution in [-0.4, -0.2) is 78.4 Å². The van der Waals surface area contributed by atoms with Gasteiger partial charge in [-0.3, -0.25) is 14.6 Å². The molecular formula is C20H25N3O4. The number of hydrogen-bond acceptors (Lipinski definition) is 6. The first kappa shape index (κ1) is 18.2. The molecule has 144 valence electrons. The largest absolute Gasteiger partial charge is 0.494 e. The highest BCUT2D eigenvalue weighted by Gasteiger charge is 2.34. The Kier molecular flexibility index (Phi) is 5.24. The molecule has 2 aliphatic rings. The number of methoxy groups -OCH3 is 1. The lowest BCUT2D eigenvalue weighted by molar-refractivity contribution is -0.138. The van der Waals surface area contributed by atoms with Crippen molar-refractivity contribution in [1.82, 2.24) is 14.8 Å². The van der Waals surface area contributed by atoms with Crippen LogP contribution in [-0.2, 0) is 16.1 Å². The summed E-state index contributed by atoms with van der Waals surface area (Å²) in [4.78, 5) is 20.4. The van der Waals surface area contributed by atoms with Gasteiger partial charge >= 0.3 is 5.97 Å². The van der Waals surface area contributed by atoms with Crippen LogP contribution < -0.4 is 4.74 Å². The lowest BCUT2D eigenvalue weighted by Crippen LogP contribution is -2.45. The number of pyridine rings is 1. The number of rotatable bonds is 5. The Balaban J connectivity index is 1.56. The van der Waals surface area contributed by atoms with Crippen molar-refractivity contribution in [2.75, 3.05) is 46.5 Å². The van der Waals surface area contributed by atoms with Gasteiger partial charge in [-0.1, -0.05) is 18.2 Å². The number of benzene rings is 1. The summed E-state index contributed by atoms with van der Waals surface area (Å²) in [6.45, 7) is 4.49. The number of fused-ring (bicyclic) bond motifs is 4. The Morgan fingerprint density at radius 1 is 1.26 bits per heavy atom. The standard InChI is InChI=1S/C20H25N3O4/c1-26-18-4-2-3-15-5-6-16(21-20(15)18)9-23-8-14-7-22(11-19(24)25)10-17(23)13-27-12-14/h2-6,14,17H,7-13H2,1H3,(H,24,25)/t14-,17-/m0/s1. The lowest BCUT2D eigenvalue weighted by atomic mass is 10.1. The monoisotopic (exact) mass is 371 g/mol. The minimum atomic E-state index is -0.772. The van der Waals surface area contributed by atoms with Gasteiger partial charge in [0.2, 0.25) is 0 Å². The van der Waals surface area contributed by atoms with Crippen molar-refractivity contribution in [2.45, 2.75) is 12.6 Å². The molecule has 2 bridgehead atoms. The molecule has 0 amide bonds. The first-order valence-electron chi connectivity index (χ1n) is 9.31. The molecule has 1 aromatic carbocycles. The molecule has 2 fully saturated rings. The number of aliphatic carboxylic acids is 1. The van der Waals surface area contributed by atoms with Crippen LogP contribution >= 0.6 is 0 Å². The van der Waals surface area contributed by atoms with Gasteiger partial charge < -0.3 is 14.6 Å². The predicted octanol–water partition coefficient (Wildman–Crippen LogP) is 1.46. The highest BCUT2D eigenvalue weighted by Crippen LogP contribution is 2.25. The van der Waals surface area contributed by atoms with Gasteiger partial charge in [-0.05, 0) is 12.1 Å². The quantitative estimate of drug-likeness (QED) is 0.853. The maximum atomic E-state index is 11.1. The number of carboxylic acid groups (broad SMARTS) is 1. The third-order valence-electron chi connectivity index (χ3n) is 5.34. The molecular weight excluding hydrogens is 346 g/mol. The Labute approximate surface area is 158 Å². The van der Waals surface area contributed by atoms with Gasteiger partial charge in [-0.2, -0.15) is 0 Å². The van der Waals surface area contributed by atoms with Gasteiger partial charge in [-0.25, -0.2) is 4.98 Å². The third-order valence-corrected chi connectivity index (χ3v) is 5.34. The summed E-state index contributed by atoms with van der Waals surface area (Å²) in [6, 6.07) is 10.2. The van der Waals surface area contributed by atoms with Crippen LogP contribution in [0.25, 0.3) is 10.9 Å². The minimum Gasteiger partial charge on any atom is -0.494 e. The molecule has 1 aromatic heterocycles. The molecule has 1 N–H and O–H groups in total. The molecule has 2 aromatic rings. The van der Waals surface area contributed by atoms with Crippen molar-refractivity contribution in [3.05, 3.63) is 36.0 Å². The van der Waals surface area contributed by atoms with Crippen LogP contribution in [0.4, 0.5) is 0 Å². The lowest BCUT2D eigenvalue weighted by Gasteiger charge is -2.30. The van der Waals surface area contributed by atoms with E-state index < -0.39 is 5.97 Å². The first-order valence-corrected chi connectivity index (χ1v) is 9.31. The van der Waals surface area contributed by atoms with Crippen LogP contribution in [0, 0.1) is 5.92 Å². The second kappa shape index (κ2) is 7.80. The Morgan fingerprint density at radius 3 is 2.96 bits per heavy atom. The fourth-order valence-corrected chi connectivity index (χ4v) is 4.16. The number of carboxylic acids is 1. The zero-order chi connectivity index (χ0) is 18.8. The fraction of sp³-hybridized carbons (Fsp3) is 0.500. The van der Waals surface area contributed by atoms with E-state index in [2.05, 4.69) is 17.0 Å². The van der Waals surface area contributed by atoms with Crippen molar-refractivity contribution < 1.29 is 19.4 Å². The van der Waals surface area contributed by atoms with Crippen LogP contribution in [0.3, 0.4) is 0 Å². The van der Waals surface area contributed by atoms with E-state index in [9.17, 15) is 4.79 Å². The maximum Gasteiger partial charge on any atom is 0.317 e. The number of aromatic nitrogens is 1. The summed E-state index contributed by atoms with van der Waals surface area (Å²) in [5.41, 5.74) is 1.86. The summed E-state index contributed by atoms with van der Waals surface area (Å²) >= 11 is 0. The van der Waals surface area contributed by atoms with E-state index in [1.165, 1.54) is 0 Å². The van der Waals surface area contributed by atoms with E-state index in [1.807, 2.05) is 23.1 Å². The topological polar surface area (TPSA) is 75.1 Å². The molecule has 7 nitrogen and oxygen atoms in total. The average Bonchev–Trinajstić information content (AvgIpc) is 2.90. The summed E-state index contributed by atoms with van der Waals surface area (Å²) in [5.74, 6) is 0.317. The zero-order valence-corrected chi connectivity index (χ0v) is 15.5. The molecule has 27 heavy (non-hydrogen) atoms. The molecule has 3 heterocycles. The number of carbonyl (C=O) groups is 1. The molecule has 0 aliphatic carbocycles. The van der Waals surface area contributed by atoms with Gasteiger partial charge in [0, 0.05) is 43.5 Å². The van der Waals surface area contributed by atoms with E-state index in [0.29, 0.717) is 25.7 Å². The summed E-state index contributed by atoms with van der Waals surface area (Å²) in [6.07, 6.45) is 0. The van der Waals surface area contributed by atoms with Crippen LogP contribution in [0.15, 0.2) is 30.3 Å². The summed E-state index contributed by atoms with van der Waals surface area (Å²) < 4.78 is 11.3. The SMILES string of the molecule is COc1cccc2ccc(CN3C[C@H]4COC[C@@H]3CN(CC(=O)O)C4)nc12. The van der Waals surface area contributed by atoms with Crippen LogP contribution in [0.2, 0.25) is 0 Å². The van der Waals surface area contributed by atoms with Crippen LogP contribution in [0.1, 0.15) is 5.69 Å². The van der Waals surface area contributed by atoms with E-state index in [-0.39, 0.29) is 12.6 Å². The molecule has 2 atom stereocenters. The molecule has 2 saturated heterocycles. The van der Waals surface area contributed by atoms with Crippen molar-refractivity contribution in [2.24, 2.45) is 5.92 Å². The Bertz CT molecular complexity index is 828. The minimum absolute atomic E-state index is 0.0895. The van der Waals surface area contributed by atoms with Crippen LogP contribution in [0.5, 0.6) is 5.75 Å². The predicted molar refractivity (Wildman–Crippen MR) is 101 cm³/mol. The molecule has 0 unspecified atom stereocenters. The maximum absolute atomic E-state index is 11.1. The normalized spacial score (nSPS) is 23.9. The van der Waals surface area contributed by atoms with Crippen molar-refractivity contribution in [3.63, 3.8) is 0 Å². The summed E-state index contributed by atoms with van der Waals surface area (Å²) in [7, 11) is 1.66. The number of hydrogen-bond donors (Lipinski definition) is 1. The number of nitrogens with zero attached hydrogens (tertiary/aromatic N) is 3. The Morgan fingerprint density at radius 2 is 2.15 bits per heavy atom. The van der Waals surface area contributed by atoms with Crippen molar-refractivity contribution in [3.8, 4) is 5.75 Å². The molecule has 7 heteroatoms. The van der Waals surface area contributed by atoms with Gasteiger partial charge in [0.25, 0.3) is 0 Å². The first-order chi connectivity index (χ1) is 13.1. The van der Waals surface area contributed by atoms with E-state index in [0.717, 1.165) is 42.0 Å². The highest BCUT2D eigenvalue weighted by molar-refractivity contribution is 5.84. The third kappa shape index (κ3) is 4.05. The average molecular weight is 371 g/mol. The molecule has 0 spiro atoms. The number of ether oxygens (including phenoxy) is 2. The van der Waals surface area contributed by atoms with E-state index in [4.69, 9.17) is 19.6 Å². The molecule has 2 aliphatic heterocycles. The Hall–Kier alpha value is -2.22. The van der Waals surface area contributed by atoms with E-state index in [1.54, 1.807) is 7.11 Å². The van der Waals surface area contributed by atoms with Crippen molar-refractivity contribution >= 4 is 16.9 Å². The van der Waals surface area contributed by atoms with Crippen molar-refractivity contribution in [1.29, 1.82) is 0 Å². The highest BCUT2D eigenvalue weighted by atomic mass is 16.5.